The lowest BCUT2D eigenvalue weighted by Crippen LogP contribution is -2.18. The molecule has 0 bridgehead atoms. The number of imidazole rings is 1. The molecule has 3 heterocycles. The van der Waals surface area contributed by atoms with E-state index in [1.807, 2.05) is 6.07 Å². The maximum absolute atomic E-state index is 14.8. The summed E-state index contributed by atoms with van der Waals surface area (Å²) in [7, 11) is 0. The van der Waals surface area contributed by atoms with E-state index in [9.17, 15) is 22.4 Å². The number of aromatic amines is 1. The van der Waals surface area contributed by atoms with Gasteiger partial charge in [-0.25, -0.2) is 9.37 Å². The van der Waals surface area contributed by atoms with Crippen molar-refractivity contribution < 1.29 is 22.4 Å². The monoisotopic (exact) mass is 465 g/mol. The molecule has 0 aliphatic rings. The van der Waals surface area contributed by atoms with Gasteiger partial charge in [0.05, 0.1) is 16.8 Å². The molecule has 0 fully saturated rings. The Morgan fingerprint density at radius 1 is 1.00 bits per heavy atom. The summed E-state index contributed by atoms with van der Waals surface area (Å²) in [5.41, 5.74) is -0.497. The van der Waals surface area contributed by atoms with Crippen LogP contribution in [-0.4, -0.2) is 25.5 Å². The number of carbonyl (C=O) groups is 1. The molecule has 3 aromatic heterocycles. The van der Waals surface area contributed by atoms with Gasteiger partial charge in [0, 0.05) is 23.5 Å². The molecule has 2 aromatic carbocycles. The van der Waals surface area contributed by atoms with Crippen molar-refractivity contribution in [2.24, 2.45) is 0 Å². The van der Waals surface area contributed by atoms with Crippen LogP contribution in [0.15, 0.2) is 79.1 Å². The first-order chi connectivity index (χ1) is 16.3. The van der Waals surface area contributed by atoms with E-state index in [1.54, 1.807) is 53.1 Å². The Morgan fingerprint density at radius 3 is 2.47 bits per heavy atom. The summed E-state index contributed by atoms with van der Waals surface area (Å²) in [6.07, 6.45) is -1.90. The fraction of sp³-hybridized carbons (Fsp3) is 0.0417. The fourth-order valence-corrected chi connectivity index (χ4v) is 3.70. The van der Waals surface area contributed by atoms with Crippen LogP contribution in [0.1, 0.15) is 15.9 Å². The molecule has 0 unspecified atom stereocenters. The first-order valence-corrected chi connectivity index (χ1v) is 10.1. The van der Waals surface area contributed by atoms with Crippen LogP contribution in [-0.2, 0) is 6.18 Å². The highest BCUT2D eigenvalue weighted by Crippen LogP contribution is 2.38. The minimum Gasteiger partial charge on any atom is -0.306 e. The molecule has 0 atom stereocenters. The highest BCUT2D eigenvalue weighted by Gasteiger charge is 2.36. The summed E-state index contributed by atoms with van der Waals surface area (Å²) in [6, 6.07) is 16.8. The molecular weight excluding hydrogens is 450 g/mol. The number of fused-ring (bicyclic) bond motifs is 1. The van der Waals surface area contributed by atoms with Crippen LogP contribution in [0.3, 0.4) is 0 Å². The number of hydrogen-bond acceptors (Lipinski definition) is 3. The van der Waals surface area contributed by atoms with E-state index in [0.29, 0.717) is 23.0 Å². The van der Waals surface area contributed by atoms with Crippen LogP contribution in [0.5, 0.6) is 0 Å². The lowest BCUT2D eigenvalue weighted by Gasteiger charge is -2.15. The molecule has 5 rings (SSSR count). The summed E-state index contributed by atoms with van der Waals surface area (Å²) in [5.74, 6) is -1.97. The number of anilines is 1. The van der Waals surface area contributed by atoms with Gasteiger partial charge in [0.25, 0.3) is 5.91 Å². The van der Waals surface area contributed by atoms with E-state index in [1.165, 1.54) is 12.3 Å². The van der Waals surface area contributed by atoms with Crippen molar-refractivity contribution in [3.8, 4) is 22.5 Å². The maximum Gasteiger partial charge on any atom is 0.417 e. The van der Waals surface area contributed by atoms with E-state index in [-0.39, 0.29) is 11.5 Å². The minimum atomic E-state index is -4.83. The number of pyridine rings is 1. The molecule has 1 amide bonds. The van der Waals surface area contributed by atoms with Crippen molar-refractivity contribution in [1.82, 2.24) is 19.6 Å². The van der Waals surface area contributed by atoms with Crippen LogP contribution >= 0.6 is 0 Å². The molecule has 0 spiro atoms. The molecule has 0 saturated heterocycles. The first kappa shape index (κ1) is 21.4. The Kier molecular flexibility index (Phi) is 5.12. The van der Waals surface area contributed by atoms with Crippen molar-refractivity contribution in [3.05, 3.63) is 96.1 Å². The van der Waals surface area contributed by atoms with E-state index < -0.39 is 34.6 Å². The van der Waals surface area contributed by atoms with Gasteiger partial charge in [0.1, 0.15) is 23.0 Å². The van der Waals surface area contributed by atoms with Gasteiger partial charge < -0.3 is 5.32 Å². The Bertz CT molecular complexity index is 1490. The zero-order valence-corrected chi connectivity index (χ0v) is 17.3. The molecule has 2 N–H and O–H groups in total. The third kappa shape index (κ3) is 3.79. The van der Waals surface area contributed by atoms with E-state index in [2.05, 4.69) is 20.5 Å². The Hall–Kier alpha value is -4.47. The summed E-state index contributed by atoms with van der Waals surface area (Å²) in [5, 5.41) is 8.73. The summed E-state index contributed by atoms with van der Waals surface area (Å²) >= 11 is 0. The Labute approximate surface area is 189 Å². The lowest BCUT2D eigenvalue weighted by molar-refractivity contribution is -0.137. The second-order valence-corrected chi connectivity index (χ2v) is 7.40. The smallest absolute Gasteiger partial charge is 0.306 e. The van der Waals surface area contributed by atoms with Gasteiger partial charge in [0.15, 0.2) is 0 Å². The Morgan fingerprint density at radius 2 is 1.76 bits per heavy atom. The van der Waals surface area contributed by atoms with Crippen molar-refractivity contribution in [1.29, 1.82) is 0 Å². The normalized spacial score (nSPS) is 11.6. The number of nitrogens with zero attached hydrogens (tertiary/aromatic N) is 3. The van der Waals surface area contributed by atoms with Crippen molar-refractivity contribution in [2.75, 3.05) is 5.32 Å². The maximum atomic E-state index is 14.8. The minimum absolute atomic E-state index is 0.00107. The number of alkyl halides is 3. The molecule has 0 radical (unpaired) electrons. The number of rotatable bonds is 4. The molecule has 6 nitrogen and oxygen atoms in total. The van der Waals surface area contributed by atoms with Crippen molar-refractivity contribution in [3.63, 3.8) is 0 Å². The van der Waals surface area contributed by atoms with Gasteiger partial charge in [-0.3, -0.25) is 14.3 Å². The number of amides is 1. The molecule has 5 aromatic rings. The van der Waals surface area contributed by atoms with Crippen LogP contribution in [0.25, 0.3) is 28.2 Å². The zero-order valence-electron chi connectivity index (χ0n) is 17.3. The quantitative estimate of drug-likeness (QED) is 0.330. The van der Waals surface area contributed by atoms with Crippen LogP contribution in [0.2, 0.25) is 0 Å². The summed E-state index contributed by atoms with van der Waals surface area (Å²) in [4.78, 5) is 17.7. The highest BCUT2D eigenvalue weighted by atomic mass is 19.4. The summed E-state index contributed by atoms with van der Waals surface area (Å²) in [6.45, 7) is 0. The second kappa shape index (κ2) is 8.14. The first-order valence-electron chi connectivity index (χ1n) is 10.1. The second-order valence-electron chi connectivity index (χ2n) is 7.40. The topological polar surface area (TPSA) is 75.1 Å². The number of H-pyrrole nitrogens is 1. The van der Waals surface area contributed by atoms with Crippen molar-refractivity contribution >= 4 is 17.4 Å². The highest BCUT2D eigenvalue weighted by molar-refractivity contribution is 6.06. The standard InChI is InChI=1S/C24H15F4N5O/c25-18-13-17(24(26,27)28)15(19-9-10-29-32-19)12-16(18)23(34)31-22-21(14-6-2-1-3-7-14)30-20-8-4-5-11-33(20)22/h1-13H,(H,29,32)(H,31,34). The molecule has 10 heteroatoms. The predicted molar refractivity (Wildman–Crippen MR) is 118 cm³/mol. The van der Waals surface area contributed by atoms with Gasteiger partial charge in [0.2, 0.25) is 0 Å². The van der Waals surface area contributed by atoms with Crippen LogP contribution in [0.4, 0.5) is 23.4 Å². The van der Waals surface area contributed by atoms with E-state index in [0.717, 1.165) is 6.07 Å². The van der Waals surface area contributed by atoms with Gasteiger partial charge >= 0.3 is 6.18 Å². The predicted octanol–water partition coefficient (Wildman–Crippen LogP) is 5.80. The summed E-state index contributed by atoms with van der Waals surface area (Å²) < 4.78 is 57.1. The van der Waals surface area contributed by atoms with E-state index >= 15 is 0 Å². The number of benzene rings is 2. The Balaban J connectivity index is 1.62. The SMILES string of the molecule is O=C(Nc1c(-c2ccccc2)nc2ccccn12)c1cc(-c2ccn[nH]2)c(C(F)(F)F)cc1F. The third-order valence-corrected chi connectivity index (χ3v) is 5.26. The average Bonchev–Trinajstić information content (AvgIpc) is 3.48. The number of carbonyl (C=O) groups excluding carboxylic acids is 1. The number of aromatic nitrogens is 4. The molecule has 34 heavy (non-hydrogen) atoms. The van der Waals surface area contributed by atoms with Gasteiger partial charge in [-0.1, -0.05) is 36.4 Å². The third-order valence-electron chi connectivity index (χ3n) is 5.26. The van der Waals surface area contributed by atoms with Crippen LogP contribution < -0.4 is 5.32 Å². The number of halogens is 4. The molecule has 0 aliphatic heterocycles. The molecular formula is C24H15F4N5O. The molecule has 0 aliphatic carbocycles. The number of nitrogens with one attached hydrogen (secondary N) is 2. The van der Waals surface area contributed by atoms with E-state index in [4.69, 9.17) is 0 Å². The molecule has 0 saturated carbocycles. The number of hydrogen-bond donors (Lipinski definition) is 2. The lowest BCUT2D eigenvalue weighted by atomic mass is 9.99. The van der Waals surface area contributed by atoms with Gasteiger partial charge in [-0.2, -0.15) is 18.3 Å². The fourth-order valence-electron chi connectivity index (χ4n) is 3.70. The van der Waals surface area contributed by atoms with Crippen molar-refractivity contribution in [2.45, 2.75) is 6.18 Å². The zero-order chi connectivity index (χ0) is 23.9. The van der Waals surface area contributed by atoms with Gasteiger partial charge in [-0.15, -0.1) is 0 Å². The average molecular weight is 465 g/mol. The molecule has 170 valence electrons. The largest absolute Gasteiger partial charge is 0.417 e. The van der Waals surface area contributed by atoms with Gasteiger partial charge in [-0.05, 0) is 30.3 Å². The van der Waals surface area contributed by atoms with Crippen LogP contribution in [0, 0.1) is 5.82 Å².